The quantitative estimate of drug-likeness (QED) is 0.501. The topological polar surface area (TPSA) is 29.4 Å². The Labute approximate surface area is 69.6 Å². The molecule has 1 rings (SSSR count). The Hall–Kier alpha value is -0.920. The fraction of sp³-hybridized carbons (Fsp3) is 0.375. The maximum absolute atomic E-state index is 9.79. The molecule has 0 aromatic carbocycles. The summed E-state index contributed by atoms with van der Waals surface area (Å²) in [7, 11) is 0. The summed E-state index contributed by atoms with van der Waals surface area (Å²) in [4.78, 5) is 13.3. The predicted molar refractivity (Wildman–Crippen MR) is 45.7 cm³/mol. The molecule has 0 radical (unpaired) electrons. The van der Waals surface area contributed by atoms with Crippen LogP contribution in [-0.4, -0.2) is 12.6 Å². The maximum atomic E-state index is 9.79. The van der Waals surface area contributed by atoms with E-state index in [1.54, 1.807) is 11.3 Å². The normalized spacial score (nSPS) is 12.1. The molecule has 1 aromatic rings. The molecular weight excluding hydrogens is 158 g/mol. The average molecular weight is 167 g/mol. The molecule has 0 saturated heterocycles. The van der Waals surface area contributed by atoms with Gasteiger partial charge >= 0.3 is 0 Å². The second kappa shape index (κ2) is 4.06. The van der Waals surface area contributed by atoms with Gasteiger partial charge in [0.25, 0.3) is 0 Å². The van der Waals surface area contributed by atoms with E-state index in [-0.39, 0.29) is 0 Å². The minimum Gasteiger partial charge on any atom is -0.211 e. The van der Waals surface area contributed by atoms with E-state index in [9.17, 15) is 4.79 Å². The molecule has 1 aromatic heterocycles. The third-order valence-corrected chi connectivity index (χ3v) is 2.24. The number of carbonyl (C=O) groups excluding carboxylic acids is 1. The highest BCUT2D eigenvalue weighted by Crippen LogP contribution is 2.17. The molecule has 0 N–H and O–H groups in total. The van der Waals surface area contributed by atoms with Gasteiger partial charge in [-0.1, -0.05) is 6.92 Å². The van der Waals surface area contributed by atoms with E-state index in [1.165, 1.54) is 11.6 Å². The largest absolute Gasteiger partial charge is 0.234 e. The summed E-state index contributed by atoms with van der Waals surface area (Å²) >= 11 is 1.66. The van der Waals surface area contributed by atoms with Crippen molar-refractivity contribution in [2.75, 3.05) is 6.54 Å². The van der Waals surface area contributed by atoms with E-state index in [0.717, 1.165) is 0 Å². The van der Waals surface area contributed by atoms with E-state index < -0.39 is 0 Å². The van der Waals surface area contributed by atoms with Crippen LogP contribution in [0.1, 0.15) is 18.4 Å². The van der Waals surface area contributed by atoms with Crippen molar-refractivity contribution >= 4 is 17.4 Å². The van der Waals surface area contributed by atoms with Gasteiger partial charge in [-0.3, -0.25) is 0 Å². The second-order valence-corrected chi connectivity index (χ2v) is 3.17. The zero-order chi connectivity index (χ0) is 8.10. The summed E-state index contributed by atoms with van der Waals surface area (Å²) in [5.74, 6) is 0.336. The van der Waals surface area contributed by atoms with Crippen LogP contribution in [0.4, 0.5) is 0 Å². The molecule has 0 amide bonds. The summed E-state index contributed by atoms with van der Waals surface area (Å²) in [6.07, 6.45) is 1.54. The molecule has 58 valence electrons. The highest BCUT2D eigenvalue weighted by molar-refractivity contribution is 7.07. The van der Waals surface area contributed by atoms with Crippen molar-refractivity contribution in [2.45, 2.75) is 12.8 Å². The van der Waals surface area contributed by atoms with Gasteiger partial charge in [0.2, 0.25) is 6.08 Å². The zero-order valence-corrected chi connectivity index (χ0v) is 7.10. The minimum absolute atomic E-state index is 0.336. The van der Waals surface area contributed by atoms with Crippen LogP contribution in [0.5, 0.6) is 0 Å². The molecule has 0 aliphatic rings. The molecule has 11 heavy (non-hydrogen) atoms. The lowest BCUT2D eigenvalue weighted by Crippen LogP contribution is -1.94. The first-order valence-corrected chi connectivity index (χ1v) is 4.34. The Morgan fingerprint density at radius 3 is 3.18 bits per heavy atom. The van der Waals surface area contributed by atoms with Gasteiger partial charge < -0.3 is 0 Å². The van der Waals surface area contributed by atoms with Crippen molar-refractivity contribution in [3.05, 3.63) is 22.4 Å². The molecule has 3 heteroatoms. The van der Waals surface area contributed by atoms with Crippen molar-refractivity contribution in [1.82, 2.24) is 0 Å². The lowest BCUT2D eigenvalue weighted by Gasteiger charge is -2.02. The van der Waals surface area contributed by atoms with E-state index in [1.807, 2.05) is 12.3 Å². The number of hydrogen-bond acceptors (Lipinski definition) is 3. The van der Waals surface area contributed by atoms with E-state index in [4.69, 9.17) is 0 Å². The fourth-order valence-corrected chi connectivity index (χ4v) is 1.62. The number of nitrogens with zero attached hydrogens (tertiary/aromatic N) is 1. The van der Waals surface area contributed by atoms with Crippen LogP contribution in [0.25, 0.3) is 0 Å². The summed E-state index contributed by atoms with van der Waals surface area (Å²) in [5.41, 5.74) is 1.24. The van der Waals surface area contributed by atoms with Crippen molar-refractivity contribution in [1.29, 1.82) is 0 Å². The van der Waals surface area contributed by atoms with Gasteiger partial charge in [0, 0.05) is 5.92 Å². The smallest absolute Gasteiger partial charge is 0.211 e. The molecule has 1 heterocycles. The van der Waals surface area contributed by atoms with Crippen molar-refractivity contribution in [3.8, 4) is 0 Å². The average Bonchev–Trinajstić information content (AvgIpc) is 2.52. The van der Waals surface area contributed by atoms with Gasteiger partial charge in [-0.25, -0.2) is 9.79 Å². The maximum Gasteiger partial charge on any atom is 0.234 e. The number of hydrogen-bond donors (Lipinski definition) is 0. The molecule has 0 aliphatic carbocycles. The van der Waals surface area contributed by atoms with Crippen LogP contribution in [0.2, 0.25) is 0 Å². The van der Waals surface area contributed by atoms with Crippen molar-refractivity contribution in [3.63, 3.8) is 0 Å². The molecular formula is C8H9NOS. The first-order valence-electron chi connectivity index (χ1n) is 3.40. The molecule has 0 spiro atoms. The standard InChI is InChI=1S/C8H9NOS/c1-7(4-9-6-10)8-2-3-11-5-8/h2-3,5,7H,4H2,1H3. The van der Waals surface area contributed by atoms with E-state index in [0.29, 0.717) is 12.5 Å². The van der Waals surface area contributed by atoms with Crippen molar-refractivity contribution < 1.29 is 4.79 Å². The summed E-state index contributed by atoms with van der Waals surface area (Å²) < 4.78 is 0. The van der Waals surface area contributed by atoms with Crippen LogP contribution in [0.3, 0.4) is 0 Å². The van der Waals surface area contributed by atoms with Gasteiger partial charge in [0.1, 0.15) is 0 Å². The second-order valence-electron chi connectivity index (χ2n) is 2.39. The van der Waals surface area contributed by atoms with Crippen LogP contribution in [0, 0.1) is 0 Å². The van der Waals surface area contributed by atoms with Gasteiger partial charge in [0.05, 0.1) is 6.54 Å². The van der Waals surface area contributed by atoms with Gasteiger partial charge in [-0.05, 0) is 22.4 Å². The lowest BCUT2D eigenvalue weighted by molar-refractivity contribution is 0.561. The van der Waals surface area contributed by atoms with Crippen LogP contribution in [0.15, 0.2) is 21.8 Å². The first kappa shape index (κ1) is 8.18. The first-order chi connectivity index (χ1) is 5.34. The fourth-order valence-electron chi connectivity index (χ4n) is 0.835. The summed E-state index contributed by atoms with van der Waals surface area (Å²) in [5, 5.41) is 4.10. The minimum atomic E-state index is 0.336. The Kier molecular flexibility index (Phi) is 3.02. The van der Waals surface area contributed by atoms with Crippen molar-refractivity contribution in [2.24, 2.45) is 4.99 Å². The van der Waals surface area contributed by atoms with Crippen LogP contribution < -0.4 is 0 Å². The highest BCUT2D eigenvalue weighted by Gasteiger charge is 2.03. The third kappa shape index (κ3) is 2.30. The van der Waals surface area contributed by atoms with Gasteiger partial charge in [-0.2, -0.15) is 11.3 Å². The number of aliphatic imine (C=N–C) groups is 1. The van der Waals surface area contributed by atoms with Gasteiger partial charge in [0.15, 0.2) is 0 Å². The Morgan fingerprint density at radius 1 is 1.82 bits per heavy atom. The Balaban J connectivity index is 2.55. The van der Waals surface area contributed by atoms with E-state index >= 15 is 0 Å². The molecule has 0 saturated carbocycles. The molecule has 0 bridgehead atoms. The number of isocyanates is 1. The summed E-state index contributed by atoms with van der Waals surface area (Å²) in [6.45, 7) is 2.59. The molecule has 0 aliphatic heterocycles. The number of thiophene rings is 1. The third-order valence-electron chi connectivity index (χ3n) is 1.54. The molecule has 0 fully saturated rings. The van der Waals surface area contributed by atoms with E-state index in [2.05, 4.69) is 16.4 Å². The Bertz CT molecular complexity index is 249. The highest BCUT2D eigenvalue weighted by atomic mass is 32.1. The zero-order valence-electron chi connectivity index (χ0n) is 6.28. The van der Waals surface area contributed by atoms with Gasteiger partial charge in [-0.15, -0.1) is 0 Å². The molecule has 2 nitrogen and oxygen atoms in total. The summed E-state index contributed by atoms with van der Waals surface area (Å²) in [6, 6.07) is 2.05. The van der Waals surface area contributed by atoms with Crippen LogP contribution in [-0.2, 0) is 4.79 Å². The monoisotopic (exact) mass is 167 g/mol. The molecule has 1 unspecified atom stereocenters. The number of rotatable bonds is 3. The predicted octanol–water partition coefficient (Wildman–Crippen LogP) is 2.19. The molecule has 1 atom stereocenters. The van der Waals surface area contributed by atoms with Crippen LogP contribution >= 0.6 is 11.3 Å². The Morgan fingerprint density at radius 2 is 2.64 bits per heavy atom. The SMILES string of the molecule is CC(CN=C=O)c1ccsc1. The lowest BCUT2D eigenvalue weighted by atomic mass is 10.1.